The Labute approximate surface area is 70.5 Å². The predicted molar refractivity (Wildman–Crippen MR) is 45.6 cm³/mol. The third-order valence-electron chi connectivity index (χ3n) is 1.13. The van der Waals surface area contributed by atoms with Gasteiger partial charge in [0.15, 0.2) is 0 Å². The van der Waals surface area contributed by atoms with E-state index >= 15 is 0 Å². The standard InChI is InChI=1S/C7H7NO3S/c9-12(10,11)8-6-7-4-2-1-3-5-7/h1-6H,(H,9,10,11)/b8-6+. The van der Waals surface area contributed by atoms with Crippen molar-refractivity contribution in [1.82, 2.24) is 0 Å². The van der Waals surface area contributed by atoms with Crippen molar-refractivity contribution >= 4 is 16.5 Å². The number of hydrogen-bond acceptors (Lipinski definition) is 2. The molecular formula is C7H7NO3S. The molecule has 0 unspecified atom stereocenters. The van der Waals surface area contributed by atoms with E-state index in [1.165, 1.54) is 0 Å². The molecule has 0 fully saturated rings. The maximum absolute atomic E-state index is 10.2. The smallest absolute Gasteiger partial charge is 0.268 e. The van der Waals surface area contributed by atoms with Crippen molar-refractivity contribution in [3.8, 4) is 0 Å². The Morgan fingerprint density at radius 1 is 1.25 bits per heavy atom. The molecule has 0 radical (unpaired) electrons. The molecule has 0 bridgehead atoms. The highest BCUT2D eigenvalue weighted by molar-refractivity contribution is 7.84. The van der Waals surface area contributed by atoms with Crippen LogP contribution in [0.4, 0.5) is 0 Å². The summed E-state index contributed by atoms with van der Waals surface area (Å²) >= 11 is 0. The van der Waals surface area contributed by atoms with Gasteiger partial charge in [-0.3, -0.25) is 4.55 Å². The molecule has 0 saturated heterocycles. The Kier molecular flexibility index (Phi) is 2.57. The van der Waals surface area contributed by atoms with E-state index in [1.807, 2.05) is 0 Å². The van der Waals surface area contributed by atoms with Crippen LogP contribution >= 0.6 is 0 Å². The minimum atomic E-state index is -4.25. The summed E-state index contributed by atoms with van der Waals surface area (Å²) in [6.07, 6.45) is 1.08. The summed E-state index contributed by atoms with van der Waals surface area (Å²) in [7, 11) is -4.25. The van der Waals surface area contributed by atoms with Gasteiger partial charge >= 0.3 is 10.3 Å². The van der Waals surface area contributed by atoms with E-state index in [-0.39, 0.29) is 0 Å². The summed E-state index contributed by atoms with van der Waals surface area (Å²) in [6.45, 7) is 0. The van der Waals surface area contributed by atoms with Crippen molar-refractivity contribution in [3.63, 3.8) is 0 Å². The summed E-state index contributed by atoms with van der Waals surface area (Å²) in [6, 6.07) is 8.63. The predicted octanol–water partition coefficient (Wildman–Crippen LogP) is 0.908. The fraction of sp³-hybridized carbons (Fsp3) is 0. The largest absolute Gasteiger partial charge is 0.378 e. The molecule has 0 heterocycles. The fourth-order valence-corrected chi connectivity index (χ4v) is 0.921. The highest BCUT2D eigenvalue weighted by Crippen LogP contribution is 1.95. The molecule has 0 aromatic heterocycles. The van der Waals surface area contributed by atoms with Gasteiger partial charge in [0.1, 0.15) is 0 Å². The zero-order valence-corrected chi connectivity index (χ0v) is 6.90. The van der Waals surface area contributed by atoms with Crippen molar-refractivity contribution in [2.24, 2.45) is 4.40 Å². The molecule has 64 valence electrons. The molecule has 0 amide bonds. The summed E-state index contributed by atoms with van der Waals surface area (Å²) < 4.78 is 31.5. The second kappa shape index (κ2) is 3.46. The molecule has 1 rings (SSSR count). The molecule has 0 aliphatic heterocycles. The maximum Gasteiger partial charge on any atom is 0.378 e. The lowest BCUT2D eigenvalue weighted by Gasteiger charge is -1.88. The Hall–Kier alpha value is -1.20. The maximum atomic E-state index is 10.2. The molecule has 1 aromatic rings. The van der Waals surface area contributed by atoms with Crippen LogP contribution in [0, 0.1) is 0 Å². The van der Waals surface area contributed by atoms with E-state index in [0.717, 1.165) is 6.21 Å². The van der Waals surface area contributed by atoms with E-state index in [0.29, 0.717) is 5.56 Å². The molecule has 5 heteroatoms. The zero-order chi connectivity index (χ0) is 9.03. The first-order valence-corrected chi connectivity index (χ1v) is 4.55. The third-order valence-corrected chi connectivity index (χ3v) is 1.51. The van der Waals surface area contributed by atoms with Gasteiger partial charge in [0.25, 0.3) is 0 Å². The first-order chi connectivity index (χ1) is 5.58. The van der Waals surface area contributed by atoms with E-state index in [9.17, 15) is 8.42 Å². The molecule has 0 atom stereocenters. The second-order valence-electron chi connectivity index (χ2n) is 2.09. The van der Waals surface area contributed by atoms with Gasteiger partial charge in [0.05, 0.1) is 0 Å². The lowest BCUT2D eigenvalue weighted by atomic mass is 10.2. The highest BCUT2D eigenvalue weighted by Gasteiger charge is 1.95. The van der Waals surface area contributed by atoms with Crippen LogP contribution in [0.5, 0.6) is 0 Å². The topological polar surface area (TPSA) is 66.7 Å². The van der Waals surface area contributed by atoms with Crippen LogP contribution in [-0.4, -0.2) is 19.2 Å². The van der Waals surface area contributed by atoms with Crippen molar-refractivity contribution in [2.45, 2.75) is 0 Å². The van der Waals surface area contributed by atoms with Crippen molar-refractivity contribution in [2.75, 3.05) is 0 Å². The molecule has 1 N–H and O–H groups in total. The summed E-state index contributed by atoms with van der Waals surface area (Å²) in [5.41, 5.74) is 0.620. The molecule has 12 heavy (non-hydrogen) atoms. The third kappa shape index (κ3) is 3.27. The first kappa shape index (κ1) is 8.89. The van der Waals surface area contributed by atoms with E-state index in [2.05, 4.69) is 4.40 Å². The van der Waals surface area contributed by atoms with Crippen molar-refractivity contribution in [3.05, 3.63) is 35.9 Å². The fourth-order valence-electron chi connectivity index (χ4n) is 0.667. The minimum Gasteiger partial charge on any atom is -0.268 e. The molecular weight excluding hydrogens is 178 g/mol. The van der Waals surface area contributed by atoms with Crippen LogP contribution in [-0.2, 0) is 10.3 Å². The van der Waals surface area contributed by atoms with Crippen LogP contribution in [0.2, 0.25) is 0 Å². The quantitative estimate of drug-likeness (QED) is 0.550. The minimum absolute atomic E-state index is 0.620. The van der Waals surface area contributed by atoms with Crippen LogP contribution in [0.1, 0.15) is 5.56 Å². The van der Waals surface area contributed by atoms with Gasteiger partial charge in [0, 0.05) is 6.21 Å². The van der Waals surface area contributed by atoms with Crippen LogP contribution in [0.25, 0.3) is 0 Å². The summed E-state index contributed by atoms with van der Waals surface area (Å²) in [4.78, 5) is 0. The Balaban J connectivity index is 2.85. The second-order valence-corrected chi connectivity index (χ2v) is 3.20. The normalized spacial score (nSPS) is 12.1. The number of hydrogen-bond donors (Lipinski definition) is 1. The number of benzene rings is 1. The highest BCUT2D eigenvalue weighted by atomic mass is 32.2. The first-order valence-electron chi connectivity index (χ1n) is 3.16. The van der Waals surface area contributed by atoms with E-state index < -0.39 is 10.3 Å². The Morgan fingerprint density at radius 2 is 1.83 bits per heavy atom. The molecule has 4 nitrogen and oxygen atoms in total. The van der Waals surface area contributed by atoms with Gasteiger partial charge in [-0.05, 0) is 5.56 Å². The average Bonchev–Trinajstić information content (AvgIpc) is 2.02. The lowest BCUT2D eigenvalue weighted by molar-refractivity contribution is 0.485. The lowest BCUT2D eigenvalue weighted by Crippen LogP contribution is -1.92. The summed E-state index contributed by atoms with van der Waals surface area (Å²) in [5.74, 6) is 0. The van der Waals surface area contributed by atoms with E-state index in [1.54, 1.807) is 30.3 Å². The Bertz CT molecular complexity index is 369. The monoisotopic (exact) mass is 185 g/mol. The molecule has 1 aromatic carbocycles. The average molecular weight is 185 g/mol. The van der Waals surface area contributed by atoms with Gasteiger partial charge in [-0.15, -0.1) is 4.40 Å². The number of nitrogens with zero attached hydrogens (tertiary/aromatic N) is 1. The van der Waals surface area contributed by atoms with Gasteiger partial charge < -0.3 is 0 Å². The van der Waals surface area contributed by atoms with Crippen LogP contribution < -0.4 is 0 Å². The summed E-state index contributed by atoms with van der Waals surface area (Å²) in [5, 5.41) is 0. The van der Waals surface area contributed by atoms with Crippen molar-refractivity contribution < 1.29 is 13.0 Å². The van der Waals surface area contributed by atoms with Crippen LogP contribution in [0.3, 0.4) is 0 Å². The molecule has 0 aliphatic carbocycles. The van der Waals surface area contributed by atoms with Crippen LogP contribution in [0.15, 0.2) is 34.7 Å². The number of rotatable bonds is 2. The van der Waals surface area contributed by atoms with E-state index in [4.69, 9.17) is 4.55 Å². The van der Waals surface area contributed by atoms with Gasteiger partial charge in [-0.2, -0.15) is 8.42 Å². The van der Waals surface area contributed by atoms with Crippen molar-refractivity contribution in [1.29, 1.82) is 0 Å². The SMILES string of the molecule is O=S(=O)(O)/N=C/c1ccccc1. The van der Waals surface area contributed by atoms with Gasteiger partial charge in [0.2, 0.25) is 0 Å². The van der Waals surface area contributed by atoms with Gasteiger partial charge in [-0.1, -0.05) is 30.3 Å². The zero-order valence-electron chi connectivity index (χ0n) is 6.08. The van der Waals surface area contributed by atoms with Gasteiger partial charge in [-0.25, -0.2) is 0 Å². The molecule has 0 spiro atoms. The molecule has 0 aliphatic rings. The Morgan fingerprint density at radius 3 is 2.33 bits per heavy atom. The molecule has 0 saturated carbocycles.